The van der Waals surface area contributed by atoms with Crippen LogP contribution in [0.2, 0.25) is 0 Å². The van der Waals surface area contributed by atoms with Crippen molar-refractivity contribution in [1.29, 1.82) is 0 Å². The van der Waals surface area contributed by atoms with Crippen LogP contribution in [0, 0.1) is 0 Å². The number of nitrogens with one attached hydrogen (secondary N) is 1. The van der Waals surface area contributed by atoms with Crippen LogP contribution in [-0.4, -0.2) is 73.2 Å². The largest absolute Gasteiger partial charge is 0.490 e. The lowest BCUT2D eigenvalue weighted by Crippen LogP contribution is -2.46. The molecule has 1 atom stereocenters. The molecule has 0 spiro atoms. The topological polar surface area (TPSA) is 187 Å². The van der Waals surface area contributed by atoms with Crippen LogP contribution in [0.15, 0.2) is 18.3 Å². The molecule has 0 aromatic carbocycles. The summed E-state index contributed by atoms with van der Waals surface area (Å²) in [5.74, 6) is -4.26. The van der Waals surface area contributed by atoms with Gasteiger partial charge in [-0.05, 0) is 25.1 Å². The van der Waals surface area contributed by atoms with Gasteiger partial charge in [-0.15, -0.1) is 0 Å². The Bertz CT molecular complexity index is 628. The minimum Gasteiger partial charge on any atom is -0.490 e. The summed E-state index contributed by atoms with van der Waals surface area (Å²) >= 11 is 0. The Morgan fingerprint density at radius 1 is 1.19 bits per heavy atom. The first kappa shape index (κ1) is 22.3. The number of aromatic nitrogens is 1. The van der Waals surface area contributed by atoms with Gasteiger partial charge in [0.15, 0.2) is 5.60 Å². The number of carbonyl (C=O) groups is 3. The van der Waals surface area contributed by atoms with Crippen molar-refractivity contribution in [2.24, 2.45) is 0 Å². The van der Waals surface area contributed by atoms with E-state index in [0.29, 0.717) is 18.3 Å². The first-order valence-corrected chi connectivity index (χ1v) is 7.97. The molecule has 0 unspecified atom stereocenters. The highest BCUT2D eigenvalue weighted by molar-refractivity contribution is 5.88. The molecule has 150 valence electrons. The van der Waals surface area contributed by atoms with Crippen molar-refractivity contribution < 1.29 is 44.7 Å². The van der Waals surface area contributed by atoms with Crippen LogP contribution in [0.1, 0.15) is 25.0 Å². The molecule has 1 aromatic rings. The highest BCUT2D eigenvalue weighted by atomic mass is 16.5. The Balaban J connectivity index is 0.000000271. The quantitative estimate of drug-likeness (QED) is 0.308. The predicted molar refractivity (Wildman–Crippen MR) is 89.2 cm³/mol. The van der Waals surface area contributed by atoms with E-state index in [4.69, 9.17) is 30.3 Å². The Kier molecular flexibility index (Phi) is 8.59. The van der Waals surface area contributed by atoms with Gasteiger partial charge in [0.2, 0.25) is 0 Å². The predicted octanol–water partition coefficient (Wildman–Crippen LogP) is -0.934. The molecule has 27 heavy (non-hydrogen) atoms. The number of rotatable bonds is 9. The summed E-state index contributed by atoms with van der Waals surface area (Å²) in [6.45, 7) is 1.76. The molecule has 11 nitrogen and oxygen atoms in total. The number of hydrogen-bond donors (Lipinski definition) is 6. The third kappa shape index (κ3) is 7.98. The van der Waals surface area contributed by atoms with E-state index >= 15 is 0 Å². The molecule has 2 heterocycles. The van der Waals surface area contributed by atoms with E-state index in [1.165, 1.54) is 6.42 Å². The fourth-order valence-corrected chi connectivity index (χ4v) is 1.99. The van der Waals surface area contributed by atoms with Crippen molar-refractivity contribution in [3.8, 4) is 5.75 Å². The summed E-state index contributed by atoms with van der Waals surface area (Å²) in [5, 5.41) is 45.8. The normalized spacial score (nSPS) is 15.7. The monoisotopic (exact) mass is 386 g/mol. The van der Waals surface area contributed by atoms with Crippen molar-refractivity contribution in [2.75, 3.05) is 13.2 Å². The lowest BCUT2D eigenvalue weighted by atomic mass is 9.96. The van der Waals surface area contributed by atoms with Crippen molar-refractivity contribution in [1.82, 2.24) is 10.3 Å². The number of pyridine rings is 1. The van der Waals surface area contributed by atoms with Crippen molar-refractivity contribution in [3.63, 3.8) is 0 Å². The highest BCUT2D eigenvalue weighted by Gasteiger charge is 2.40. The molecule has 1 fully saturated rings. The molecule has 2 rings (SSSR count). The third-order valence-corrected chi connectivity index (χ3v) is 3.62. The molecule has 0 radical (unpaired) electrons. The second kappa shape index (κ2) is 10.4. The number of aliphatic hydroxyl groups is 2. The second-order valence-corrected chi connectivity index (χ2v) is 5.87. The molecule has 1 aliphatic heterocycles. The van der Waals surface area contributed by atoms with E-state index in [1.807, 2.05) is 6.07 Å². The van der Waals surface area contributed by atoms with Gasteiger partial charge in [-0.25, -0.2) is 4.79 Å². The van der Waals surface area contributed by atoms with Crippen LogP contribution in [0.5, 0.6) is 5.75 Å². The van der Waals surface area contributed by atoms with Gasteiger partial charge in [0, 0.05) is 6.04 Å². The number of aliphatic hydroxyl groups excluding tert-OH is 1. The first-order chi connectivity index (χ1) is 12.7. The van der Waals surface area contributed by atoms with Gasteiger partial charge in [0.25, 0.3) is 0 Å². The Labute approximate surface area is 154 Å². The Morgan fingerprint density at radius 3 is 2.11 bits per heavy atom. The summed E-state index contributed by atoms with van der Waals surface area (Å²) in [6, 6.07) is 4.09. The average molecular weight is 386 g/mol. The molecular formula is C16H22N2O9. The number of carboxylic acid groups (broad SMARTS) is 3. The number of nitrogens with zero attached hydrogens (tertiary/aromatic N) is 1. The van der Waals surface area contributed by atoms with E-state index in [1.54, 1.807) is 12.3 Å². The van der Waals surface area contributed by atoms with Gasteiger partial charge in [-0.3, -0.25) is 14.6 Å². The molecule has 1 aliphatic rings. The maximum atomic E-state index is 10.3. The Morgan fingerprint density at radius 2 is 1.78 bits per heavy atom. The number of ether oxygens (including phenoxy) is 1. The maximum absolute atomic E-state index is 10.3. The van der Waals surface area contributed by atoms with Gasteiger partial charge < -0.3 is 35.6 Å². The fraction of sp³-hybridized carbons (Fsp3) is 0.500. The summed E-state index contributed by atoms with van der Waals surface area (Å²) in [4.78, 5) is 34.5. The van der Waals surface area contributed by atoms with Gasteiger partial charge in [0.05, 0.1) is 31.3 Å². The summed E-state index contributed by atoms with van der Waals surface area (Å²) in [7, 11) is 0. The molecule has 0 aliphatic carbocycles. The van der Waals surface area contributed by atoms with E-state index in [-0.39, 0.29) is 6.61 Å². The summed E-state index contributed by atoms with van der Waals surface area (Å²) < 4.78 is 5.50. The molecule has 0 saturated carbocycles. The maximum Gasteiger partial charge on any atom is 0.336 e. The zero-order valence-electron chi connectivity index (χ0n) is 14.4. The third-order valence-electron chi connectivity index (χ3n) is 3.62. The van der Waals surface area contributed by atoms with Crippen LogP contribution in [0.3, 0.4) is 0 Å². The lowest BCUT2D eigenvalue weighted by Gasteiger charge is -2.27. The molecule has 1 aromatic heterocycles. The van der Waals surface area contributed by atoms with Gasteiger partial charge in [-0.2, -0.15) is 0 Å². The van der Waals surface area contributed by atoms with Crippen LogP contribution >= 0.6 is 0 Å². The standard InChI is InChI=1S/C10H14N2O2.C6H8O7/c13-6-8-1-2-10(5-12-8)14-7-9-3-4-11-9;7-3(8)1-6(13,5(11)12)2-4(9)10/h1-2,5,9,11,13H,3-4,6-7H2;13H,1-2H2,(H,7,8)(H,9,10)(H,11,12)/t9-;/m0./s1. The fourth-order valence-electron chi connectivity index (χ4n) is 1.99. The van der Waals surface area contributed by atoms with Crippen LogP contribution in [0.4, 0.5) is 0 Å². The zero-order chi connectivity index (χ0) is 20.4. The van der Waals surface area contributed by atoms with Crippen LogP contribution in [0.25, 0.3) is 0 Å². The van der Waals surface area contributed by atoms with Crippen LogP contribution in [-0.2, 0) is 21.0 Å². The molecule has 1 saturated heterocycles. The first-order valence-electron chi connectivity index (χ1n) is 7.97. The number of carboxylic acids is 3. The molecule has 11 heteroatoms. The lowest BCUT2D eigenvalue weighted by molar-refractivity contribution is -0.170. The minimum atomic E-state index is -2.74. The van der Waals surface area contributed by atoms with E-state index in [2.05, 4.69) is 10.3 Å². The van der Waals surface area contributed by atoms with E-state index in [9.17, 15) is 14.4 Å². The number of aliphatic carboxylic acids is 3. The number of hydrogen-bond acceptors (Lipinski definition) is 8. The van der Waals surface area contributed by atoms with Gasteiger partial charge >= 0.3 is 17.9 Å². The van der Waals surface area contributed by atoms with Gasteiger partial charge in [-0.1, -0.05) is 0 Å². The van der Waals surface area contributed by atoms with Crippen molar-refractivity contribution in [2.45, 2.75) is 37.5 Å². The smallest absolute Gasteiger partial charge is 0.336 e. The van der Waals surface area contributed by atoms with E-state index in [0.717, 1.165) is 12.3 Å². The van der Waals surface area contributed by atoms with Crippen molar-refractivity contribution >= 4 is 17.9 Å². The average Bonchev–Trinajstić information content (AvgIpc) is 2.53. The summed E-state index contributed by atoms with van der Waals surface area (Å²) in [6.07, 6.45) is 0.537. The van der Waals surface area contributed by atoms with Crippen molar-refractivity contribution in [3.05, 3.63) is 24.0 Å². The van der Waals surface area contributed by atoms with Gasteiger partial charge in [0.1, 0.15) is 12.4 Å². The zero-order valence-corrected chi connectivity index (χ0v) is 14.4. The molecular weight excluding hydrogens is 364 g/mol. The SMILES string of the molecule is O=C(O)CC(O)(CC(=O)O)C(=O)O.OCc1ccc(OC[C@@H]2CCN2)cn1. The van der Waals surface area contributed by atoms with Crippen LogP contribution < -0.4 is 10.1 Å². The highest BCUT2D eigenvalue weighted by Crippen LogP contribution is 2.15. The molecule has 0 bridgehead atoms. The molecule has 6 N–H and O–H groups in total. The molecule has 0 amide bonds. The minimum absolute atomic E-state index is 0.0234. The Hall–Kier alpha value is -2.76. The summed E-state index contributed by atoms with van der Waals surface area (Å²) in [5.41, 5.74) is -2.07. The second-order valence-electron chi connectivity index (χ2n) is 5.87. The van der Waals surface area contributed by atoms with E-state index < -0.39 is 36.4 Å².